The topological polar surface area (TPSA) is 98.7 Å². The molecule has 0 spiro atoms. The van der Waals surface area contributed by atoms with E-state index in [1.165, 1.54) is 20.3 Å². The van der Waals surface area contributed by atoms with Crippen LogP contribution in [0.25, 0.3) is 12.2 Å². The normalized spacial score (nSPS) is 14.5. The van der Waals surface area contributed by atoms with E-state index in [4.69, 9.17) is 19.2 Å². The maximum atomic E-state index is 15.1. The van der Waals surface area contributed by atoms with Crippen LogP contribution in [0.3, 0.4) is 0 Å². The van der Waals surface area contributed by atoms with Crippen LogP contribution in [-0.4, -0.2) is 48.9 Å². The van der Waals surface area contributed by atoms with Gasteiger partial charge >= 0.3 is 6.03 Å². The van der Waals surface area contributed by atoms with Gasteiger partial charge in [-0.15, -0.1) is 0 Å². The molecule has 2 aromatic heterocycles. The van der Waals surface area contributed by atoms with Crippen LogP contribution >= 0.6 is 0 Å². The number of carbonyl (C=O) groups is 1. The number of fused-ring (bicyclic) bond motifs is 3. The molecular formula is C29H32FN5O4. The Kier molecular flexibility index (Phi) is 7.74. The molecule has 0 bridgehead atoms. The van der Waals surface area contributed by atoms with Crippen molar-refractivity contribution in [2.24, 2.45) is 0 Å². The second kappa shape index (κ2) is 11.4. The number of carbonyl (C=O) groups excluding carboxylic acids is 1. The highest BCUT2D eigenvalue weighted by Crippen LogP contribution is 2.37. The number of halogens is 1. The molecule has 0 fully saturated rings. The Labute approximate surface area is 227 Å². The number of amides is 2. The Balaban J connectivity index is 1.41. The molecule has 1 aliphatic heterocycles. The van der Waals surface area contributed by atoms with Crippen LogP contribution in [0.15, 0.2) is 24.4 Å². The molecule has 0 radical (unpaired) electrons. The van der Waals surface area contributed by atoms with Gasteiger partial charge in [0.1, 0.15) is 11.6 Å². The first-order chi connectivity index (χ1) is 19.0. The number of anilines is 2. The van der Waals surface area contributed by atoms with Gasteiger partial charge in [-0.25, -0.2) is 24.1 Å². The molecule has 39 heavy (non-hydrogen) atoms. The van der Waals surface area contributed by atoms with Crippen LogP contribution in [0.4, 0.5) is 21.0 Å². The number of benzene rings is 1. The number of methoxy groups -OCH3 is 3. The van der Waals surface area contributed by atoms with Crippen molar-refractivity contribution in [2.75, 3.05) is 38.1 Å². The molecule has 2 aliphatic rings. The summed E-state index contributed by atoms with van der Waals surface area (Å²) in [6.07, 6.45) is 8.69. The zero-order chi connectivity index (χ0) is 27.5. The average molecular weight is 534 g/mol. The van der Waals surface area contributed by atoms with Gasteiger partial charge in [0, 0.05) is 49.0 Å². The summed E-state index contributed by atoms with van der Waals surface area (Å²) < 4.78 is 31.4. The first-order valence-corrected chi connectivity index (χ1v) is 13.1. The number of nitrogens with zero attached hydrogens (tertiary/aromatic N) is 4. The molecule has 2 amide bonds. The van der Waals surface area contributed by atoms with Crippen molar-refractivity contribution in [2.45, 2.75) is 45.1 Å². The maximum absolute atomic E-state index is 15.1. The minimum atomic E-state index is -0.468. The summed E-state index contributed by atoms with van der Waals surface area (Å²) in [5.41, 5.74) is 4.20. The van der Waals surface area contributed by atoms with Crippen LogP contribution in [0.5, 0.6) is 11.5 Å². The second-order valence-electron chi connectivity index (χ2n) is 9.51. The lowest BCUT2D eigenvalue weighted by Crippen LogP contribution is -2.40. The van der Waals surface area contributed by atoms with Crippen LogP contribution in [-0.2, 0) is 17.6 Å². The molecule has 204 valence electrons. The van der Waals surface area contributed by atoms with Gasteiger partial charge < -0.3 is 14.2 Å². The third kappa shape index (κ3) is 5.16. The molecule has 10 heteroatoms. The molecule has 1 aliphatic carbocycles. The smallest absolute Gasteiger partial charge is 0.329 e. The van der Waals surface area contributed by atoms with E-state index in [1.54, 1.807) is 30.4 Å². The average Bonchev–Trinajstić information content (AvgIpc) is 3.15. The predicted octanol–water partition coefficient (Wildman–Crippen LogP) is 5.57. The fraction of sp³-hybridized carbons (Fsp3) is 0.379. The van der Waals surface area contributed by atoms with E-state index in [-0.39, 0.29) is 23.8 Å². The SMILES string of the molecule is CCCC(OC)c1ccc2c(n1)N(C(=O)Nc1ncc3c(n1)Cc1c(OC)cc(OC)c(F)c1C=C3)CCC2. The van der Waals surface area contributed by atoms with Gasteiger partial charge in [-0.3, -0.25) is 10.2 Å². The Bertz CT molecular complexity index is 1430. The van der Waals surface area contributed by atoms with Crippen molar-refractivity contribution in [1.29, 1.82) is 0 Å². The van der Waals surface area contributed by atoms with E-state index >= 15 is 4.39 Å². The summed E-state index contributed by atoms with van der Waals surface area (Å²) in [5, 5.41) is 2.84. The monoisotopic (exact) mass is 533 g/mol. The molecule has 1 unspecified atom stereocenters. The Morgan fingerprint density at radius 3 is 2.72 bits per heavy atom. The molecule has 3 heterocycles. The zero-order valence-corrected chi connectivity index (χ0v) is 22.6. The minimum absolute atomic E-state index is 0.102. The van der Waals surface area contributed by atoms with Crippen molar-refractivity contribution < 1.29 is 23.4 Å². The lowest BCUT2D eigenvalue weighted by atomic mass is 10.0. The van der Waals surface area contributed by atoms with E-state index in [1.807, 2.05) is 12.1 Å². The number of pyridine rings is 1. The van der Waals surface area contributed by atoms with Crippen molar-refractivity contribution in [3.8, 4) is 11.5 Å². The summed E-state index contributed by atoms with van der Waals surface area (Å²) in [4.78, 5) is 28.9. The Morgan fingerprint density at radius 1 is 1.15 bits per heavy atom. The molecule has 0 saturated heterocycles. The van der Waals surface area contributed by atoms with Gasteiger partial charge in [0.05, 0.1) is 31.7 Å². The van der Waals surface area contributed by atoms with Gasteiger partial charge in [-0.05, 0) is 30.9 Å². The zero-order valence-electron chi connectivity index (χ0n) is 22.6. The summed E-state index contributed by atoms with van der Waals surface area (Å²) in [6, 6.07) is 5.18. The first-order valence-electron chi connectivity index (χ1n) is 13.1. The number of ether oxygens (including phenoxy) is 3. The predicted molar refractivity (Wildman–Crippen MR) is 147 cm³/mol. The molecular weight excluding hydrogens is 501 g/mol. The molecule has 9 nitrogen and oxygen atoms in total. The number of aromatic nitrogens is 3. The Morgan fingerprint density at radius 2 is 1.97 bits per heavy atom. The van der Waals surface area contributed by atoms with Gasteiger partial charge in [-0.2, -0.15) is 0 Å². The maximum Gasteiger partial charge on any atom is 0.329 e. The second-order valence-corrected chi connectivity index (χ2v) is 9.51. The minimum Gasteiger partial charge on any atom is -0.496 e. The number of aryl methyl sites for hydroxylation is 1. The summed E-state index contributed by atoms with van der Waals surface area (Å²) >= 11 is 0. The number of urea groups is 1. The van der Waals surface area contributed by atoms with E-state index in [9.17, 15) is 4.79 Å². The van der Waals surface area contributed by atoms with Crippen LogP contribution in [0.1, 0.15) is 65.9 Å². The first kappa shape index (κ1) is 26.6. The fourth-order valence-electron chi connectivity index (χ4n) is 5.11. The molecule has 3 aromatic rings. The van der Waals surface area contributed by atoms with Crippen molar-refractivity contribution in [1.82, 2.24) is 15.0 Å². The molecule has 1 aromatic carbocycles. The summed E-state index contributed by atoms with van der Waals surface area (Å²) in [7, 11) is 4.62. The van der Waals surface area contributed by atoms with Gasteiger partial charge in [0.15, 0.2) is 11.6 Å². The number of hydrogen-bond donors (Lipinski definition) is 1. The largest absolute Gasteiger partial charge is 0.496 e. The summed E-state index contributed by atoms with van der Waals surface area (Å²) in [5.74, 6) is 0.923. The van der Waals surface area contributed by atoms with Crippen LogP contribution in [0.2, 0.25) is 0 Å². The van der Waals surface area contributed by atoms with Gasteiger partial charge in [0.2, 0.25) is 5.95 Å². The van der Waals surface area contributed by atoms with Crippen molar-refractivity contribution in [3.63, 3.8) is 0 Å². The van der Waals surface area contributed by atoms with Crippen molar-refractivity contribution >= 4 is 29.9 Å². The molecule has 0 saturated carbocycles. The van der Waals surface area contributed by atoms with E-state index in [2.05, 4.69) is 22.2 Å². The van der Waals surface area contributed by atoms with E-state index in [0.29, 0.717) is 41.4 Å². The summed E-state index contributed by atoms with van der Waals surface area (Å²) in [6.45, 7) is 2.63. The Hall–Kier alpha value is -4.05. The number of rotatable bonds is 7. The van der Waals surface area contributed by atoms with Crippen molar-refractivity contribution in [3.05, 3.63) is 63.9 Å². The third-order valence-corrected chi connectivity index (χ3v) is 7.14. The van der Waals surface area contributed by atoms with E-state index in [0.717, 1.165) is 42.5 Å². The van der Waals surface area contributed by atoms with Gasteiger partial charge in [-0.1, -0.05) is 31.6 Å². The highest BCUT2D eigenvalue weighted by Gasteiger charge is 2.27. The lowest BCUT2D eigenvalue weighted by Gasteiger charge is -2.29. The highest BCUT2D eigenvalue weighted by molar-refractivity contribution is 6.01. The fourth-order valence-corrected chi connectivity index (χ4v) is 5.11. The third-order valence-electron chi connectivity index (χ3n) is 7.14. The molecule has 1 atom stereocenters. The van der Waals surface area contributed by atoms with Crippen LogP contribution < -0.4 is 19.7 Å². The highest BCUT2D eigenvalue weighted by atomic mass is 19.1. The van der Waals surface area contributed by atoms with Crippen LogP contribution in [0, 0.1) is 5.82 Å². The number of nitrogens with one attached hydrogen (secondary N) is 1. The molecule has 1 N–H and O–H groups in total. The van der Waals surface area contributed by atoms with E-state index < -0.39 is 5.82 Å². The quantitative estimate of drug-likeness (QED) is 0.331. The lowest BCUT2D eigenvalue weighted by molar-refractivity contribution is 0.0915. The van der Waals surface area contributed by atoms with Gasteiger partial charge in [0.25, 0.3) is 0 Å². The number of hydrogen-bond acceptors (Lipinski definition) is 7. The molecule has 5 rings (SSSR count). The standard InChI is InChI=1S/C29H32FN5O4/c1-5-7-23(37-2)21-12-10-17-8-6-13-35(27(17)32-21)29(36)34-28-31-16-18-9-11-19-20(14-22(18)33-28)24(38-3)15-25(39-4)26(19)30/h9-12,15-16,23H,5-8,13-14H2,1-4H3,(H,31,33,34,36).